The molecule has 1 N–H and O–H groups in total. The molecule has 2 rings (SSSR count). The van der Waals surface area contributed by atoms with Crippen LogP contribution >= 0.6 is 15.9 Å². The van der Waals surface area contributed by atoms with Crippen molar-refractivity contribution in [3.63, 3.8) is 0 Å². The third kappa shape index (κ3) is 2.88. The molecule has 5 nitrogen and oxygen atoms in total. The molecule has 0 saturated carbocycles. The molecular weight excluding hydrogens is 334 g/mol. The fourth-order valence-corrected chi connectivity index (χ4v) is 3.95. The van der Waals surface area contributed by atoms with Crippen molar-refractivity contribution >= 4 is 31.9 Å². The number of carbonyl (C=O) groups is 1. The van der Waals surface area contributed by atoms with E-state index >= 15 is 0 Å². The number of hydrogen-bond donors (Lipinski definition) is 1. The molecule has 19 heavy (non-hydrogen) atoms. The second-order valence-electron chi connectivity index (χ2n) is 4.07. The number of hydrogen-bond acceptors (Lipinski definition) is 3. The minimum absolute atomic E-state index is 0.0393. The molecule has 1 aliphatic rings. The third-order valence-corrected chi connectivity index (χ3v) is 5.35. The first-order chi connectivity index (χ1) is 8.93. The molecule has 102 valence electrons. The smallest absolute Gasteiger partial charge is 0.336 e. The van der Waals surface area contributed by atoms with Crippen molar-refractivity contribution in [2.45, 2.75) is 11.3 Å². The highest BCUT2D eigenvalue weighted by molar-refractivity contribution is 9.10. The molecule has 7 heteroatoms. The highest BCUT2D eigenvalue weighted by atomic mass is 79.9. The van der Waals surface area contributed by atoms with Gasteiger partial charge in [0.1, 0.15) is 0 Å². The molecule has 1 aromatic carbocycles. The van der Waals surface area contributed by atoms with Crippen molar-refractivity contribution in [3.05, 3.63) is 40.4 Å². The maximum absolute atomic E-state index is 12.3. The Hall–Kier alpha value is -1.18. The van der Waals surface area contributed by atoms with Crippen LogP contribution in [-0.4, -0.2) is 36.9 Å². The number of carboxylic acid groups (broad SMARTS) is 1. The van der Waals surface area contributed by atoms with E-state index in [1.165, 1.54) is 22.5 Å². The van der Waals surface area contributed by atoms with Crippen LogP contribution in [0.3, 0.4) is 0 Å². The van der Waals surface area contributed by atoms with Crippen molar-refractivity contribution in [1.82, 2.24) is 4.31 Å². The van der Waals surface area contributed by atoms with Gasteiger partial charge in [0.15, 0.2) is 0 Å². The second-order valence-corrected chi connectivity index (χ2v) is 6.86. The van der Waals surface area contributed by atoms with E-state index in [1.807, 2.05) is 12.2 Å². The van der Waals surface area contributed by atoms with Gasteiger partial charge in [-0.3, -0.25) is 0 Å². The van der Waals surface area contributed by atoms with E-state index in [9.17, 15) is 13.2 Å². The van der Waals surface area contributed by atoms with E-state index in [2.05, 4.69) is 15.9 Å². The lowest BCUT2D eigenvalue weighted by molar-refractivity contribution is 0.0695. The summed E-state index contributed by atoms with van der Waals surface area (Å²) >= 11 is 3.09. The Morgan fingerprint density at radius 1 is 1.32 bits per heavy atom. The molecule has 0 fully saturated rings. The molecule has 1 aromatic rings. The minimum atomic E-state index is -3.57. The number of sulfonamides is 1. The molecule has 0 aliphatic carbocycles. The number of aromatic carboxylic acids is 1. The Kier molecular flexibility index (Phi) is 4.07. The molecular formula is C12H12BrNO4S. The van der Waals surface area contributed by atoms with Crippen LogP contribution in [-0.2, 0) is 10.0 Å². The summed E-state index contributed by atoms with van der Waals surface area (Å²) in [5, 5.41) is 8.91. The zero-order valence-electron chi connectivity index (χ0n) is 9.91. The predicted octanol–water partition coefficient (Wildman–Crippen LogP) is 2.10. The van der Waals surface area contributed by atoms with E-state index in [1.54, 1.807) is 0 Å². The van der Waals surface area contributed by atoms with Crippen LogP contribution in [0.25, 0.3) is 0 Å². The Balaban J connectivity index is 2.38. The van der Waals surface area contributed by atoms with Crippen molar-refractivity contribution in [1.29, 1.82) is 0 Å². The van der Waals surface area contributed by atoms with Crippen LogP contribution in [0.1, 0.15) is 16.8 Å². The van der Waals surface area contributed by atoms with Gasteiger partial charge < -0.3 is 5.11 Å². The third-order valence-electron chi connectivity index (χ3n) is 2.83. The van der Waals surface area contributed by atoms with E-state index < -0.39 is 16.0 Å². The number of nitrogens with zero attached hydrogens (tertiary/aromatic N) is 1. The molecule has 0 saturated heterocycles. The van der Waals surface area contributed by atoms with Crippen LogP contribution in [0.15, 0.2) is 39.7 Å². The zero-order chi connectivity index (χ0) is 14.0. The van der Waals surface area contributed by atoms with E-state index in [4.69, 9.17) is 5.11 Å². The fourth-order valence-electron chi connectivity index (χ4n) is 1.82. The quantitative estimate of drug-likeness (QED) is 0.851. The molecule has 0 radical (unpaired) electrons. The summed E-state index contributed by atoms with van der Waals surface area (Å²) in [6.07, 6.45) is 4.44. The highest BCUT2D eigenvalue weighted by Gasteiger charge is 2.25. The van der Waals surface area contributed by atoms with Gasteiger partial charge in [-0.05, 0) is 40.5 Å². The Morgan fingerprint density at radius 2 is 2.05 bits per heavy atom. The van der Waals surface area contributed by atoms with Gasteiger partial charge in [0.05, 0.1) is 10.5 Å². The summed E-state index contributed by atoms with van der Waals surface area (Å²) in [5.41, 5.74) is 0.0393. The minimum Gasteiger partial charge on any atom is -0.478 e. The molecule has 0 bridgehead atoms. The summed E-state index contributed by atoms with van der Waals surface area (Å²) in [5.74, 6) is -1.10. The Labute approximate surface area is 119 Å². The van der Waals surface area contributed by atoms with E-state index in [-0.39, 0.29) is 14.9 Å². The Morgan fingerprint density at radius 3 is 2.58 bits per heavy atom. The van der Waals surface area contributed by atoms with Gasteiger partial charge in [-0.1, -0.05) is 12.2 Å². The lowest BCUT2D eigenvalue weighted by atomic mass is 10.2. The maximum atomic E-state index is 12.3. The van der Waals surface area contributed by atoms with Crippen LogP contribution in [0.4, 0.5) is 0 Å². The van der Waals surface area contributed by atoms with Gasteiger partial charge in [-0.25, -0.2) is 13.2 Å². The molecule has 0 atom stereocenters. The lowest BCUT2D eigenvalue weighted by Crippen LogP contribution is -2.33. The van der Waals surface area contributed by atoms with Gasteiger partial charge in [-0.2, -0.15) is 4.31 Å². The summed E-state index contributed by atoms with van der Waals surface area (Å²) in [7, 11) is -3.57. The van der Waals surface area contributed by atoms with E-state index in [0.29, 0.717) is 19.5 Å². The average Bonchev–Trinajstić information content (AvgIpc) is 2.39. The SMILES string of the molecule is O=C(O)c1ccc(S(=O)(=O)N2CC=CCC2)cc1Br. The van der Waals surface area contributed by atoms with Crippen LogP contribution in [0.5, 0.6) is 0 Å². The van der Waals surface area contributed by atoms with Gasteiger partial charge >= 0.3 is 5.97 Å². The first-order valence-electron chi connectivity index (χ1n) is 5.61. The first-order valence-corrected chi connectivity index (χ1v) is 7.84. The second kappa shape index (κ2) is 5.44. The van der Waals surface area contributed by atoms with Crippen molar-refractivity contribution in [2.24, 2.45) is 0 Å². The number of halogens is 1. The van der Waals surface area contributed by atoms with Crippen LogP contribution in [0, 0.1) is 0 Å². The van der Waals surface area contributed by atoms with Crippen LogP contribution in [0.2, 0.25) is 0 Å². The monoisotopic (exact) mass is 345 g/mol. The fraction of sp³-hybridized carbons (Fsp3) is 0.250. The molecule has 1 heterocycles. The predicted molar refractivity (Wildman–Crippen MR) is 73.6 cm³/mol. The summed E-state index contributed by atoms with van der Waals surface area (Å²) in [6, 6.07) is 3.94. The largest absolute Gasteiger partial charge is 0.478 e. The molecule has 1 aliphatic heterocycles. The standard InChI is InChI=1S/C12H12BrNO4S/c13-11-8-9(4-5-10(11)12(15)16)19(17,18)14-6-2-1-3-7-14/h1-2,4-5,8H,3,6-7H2,(H,15,16). The topological polar surface area (TPSA) is 74.7 Å². The lowest BCUT2D eigenvalue weighted by Gasteiger charge is -2.22. The summed E-state index contributed by atoms with van der Waals surface area (Å²) < 4.78 is 26.3. The highest BCUT2D eigenvalue weighted by Crippen LogP contribution is 2.24. The van der Waals surface area contributed by atoms with E-state index in [0.717, 1.165) is 0 Å². The molecule has 0 amide bonds. The van der Waals surface area contributed by atoms with Gasteiger partial charge in [0.2, 0.25) is 10.0 Å². The van der Waals surface area contributed by atoms with Crippen molar-refractivity contribution in [3.8, 4) is 0 Å². The normalized spacial score (nSPS) is 16.5. The molecule has 0 aromatic heterocycles. The number of rotatable bonds is 3. The number of benzene rings is 1. The van der Waals surface area contributed by atoms with Gasteiger partial charge in [0, 0.05) is 17.6 Å². The number of carboxylic acids is 1. The molecule has 0 unspecified atom stereocenters. The van der Waals surface area contributed by atoms with Crippen molar-refractivity contribution in [2.75, 3.05) is 13.1 Å². The van der Waals surface area contributed by atoms with Crippen molar-refractivity contribution < 1.29 is 18.3 Å². The summed E-state index contributed by atoms with van der Waals surface area (Å²) in [6.45, 7) is 0.789. The summed E-state index contributed by atoms with van der Waals surface area (Å²) in [4.78, 5) is 11.0. The first kappa shape index (κ1) is 14.2. The molecule has 0 spiro atoms. The zero-order valence-corrected chi connectivity index (χ0v) is 12.3. The van der Waals surface area contributed by atoms with Crippen LogP contribution < -0.4 is 0 Å². The maximum Gasteiger partial charge on any atom is 0.336 e. The van der Waals surface area contributed by atoms with Gasteiger partial charge in [0.25, 0.3) is 0 Å². The Bertz CT molecular complexity index is 639. The average molecular weight is 346 g/mol. The van der Waals surface area contributed by atoms with Gasteiger partial charge in [-0.15, -0.1) is 0 Å².